The van der Waals surface area contributed by atoms with Gasteiger partial charge >= 0.3 is 12.2 Å². The number of nitrogens with one attached hydrogen (secondary N) is 2. The van der Waals surface area contributed by atoms with Crippen LogP contribution in [0.5, 0.6) is 11.5 Å². The number of piperazine rings is 1. The van der Waals surface area contributed by atoms with Gasteiger partial charge in [0, 0.05) is 26.2 Å². The van der Waals surface area contributed by atoms with Crippen molar-refractivity contribution < 1.29 is 38.2 Å². The zero-order chi connectivity index (χ0) is 24.0. The van der Waals surface area contributed by atoms with Crippen molar-refractivity contribution in [3.63, 3.8) is 0 Å². The maximum absolute atomic E-state index is 12.5. The molecule has 0 spiro atoms. The molecule has 0 aliphatic carbocycles. The monoisotopic (exact) mass is 464 g/mol. The van der Waals surface area contributed by atoms with Crippen molar-refractivity contribution in [2.45, 2.75) is 0 Å². The summed E-state index contributed by atoms with van der Waals surface area (Å²) >= 11 is 0. The molecule has 34 heavy (non-hydrogen) atoms. The first-order valence-electron chi connectivity index (χ1n) is 10.2. The Kier molecular flexibility index (Phi) is 4.97. The Bertz CT molecular complexity index is 1200. The number of carbonyl (C=O) groups is 6. The molecule has 1 saturated heterocycles. The van der Waals surface area contributed by atoms with Crippen LogP contribution in [0.25, 0.3) is 0 Å². The lowest BCUT2D eigenvalue weighted by Crippen LogP contribution is -2.52. The molecule has 0 unspecified atom stereocenters. The minimum Gasteiger partial charge on any atom is -0.410 e. The van der Waals surface area contributed by atoms with Crippen LogP contribution < -0.4 is 20.1 Å². The number of hydrogen-bond donors (Lipinski definition) is 2. The average molecular weight is 464 g/mol. The Labute approximate surface area is 191 Å². The van der Waals surface area contributed by atoms with Crippen molar-refractivity contribution in [3.8, 4) is 11.5 Å². The molecule has 1 fully saturated rings. The van der Waals surface area contributed by atoms with Crippen LogP contribution in [0.15, 0.2) is 36.4 Å². The molecule has 6 amide bonds. The lowest BCUT2D eigenvalue weighted by Gasteiger charge is -2.33. The molecule has 3 aliphatic rings. The van der Waals surface area contributed by atoms with Gasteiger partial charge in [0.25, 0.3) is 23.6 Å². The summed E-state index contributed by atoms with van der Waals surface area (Å²) < 4.78 is 10.6. The van der Waals surface area contributed by atoms with Crippen LogP contribution in [0.1, 0.15) is 41.4 Å². The topological polar surface area (TPSA) is 151 Å². The second-order valence-electron chi connectivity index (χ2n) is 7.69. The summed E-state index contributed by atoms with van der Waals surface area (Å²) in [6.45, 7) is 0.718. The van der Waals surface area contributed by atoms with Crippen molar-refractivity contribution in [2.24, 2.45) is 0 Å². The number of benzene rings is 2. The molecule has 0 radical (unpaired) electrons. The average Bonchev–Trinajstić information content (AvgIpc) is 3.27. The molecule has 12 nitrogen and oxygen atoms in total. The number of amides is 6. The first kappa shape index (κ1) is 21.1. The van der Waals surface area contributed by atoms with E-state index in [4.69, 9.17) is 9.47 Å². The highest BCUT2D eigenvalue weighted by Gasteiger charge is 2.30. The Morgan fingerprint density at radius 3 is 1.32 bits per heavy atom. The Balaban J connectivity index is 1.16. The normalized spacial score (nSPS) is 16.6. The largest absolute Gasteiger partial charge is 0.415 e. The minimum atomic E-state index is -0.660. The zero-order valence-corrected chi connectivity index (χ0v) is 17.5. The van der Waals surface area contributed by atoms with Gasteiger partial charge in [0.1, 0.15) is 11.5 Å². The molecule has 3 aliphatic heterocycles. The Morgan fingerprint density at radius 2 is 0.941 bits per heavy atom. The third kappa shape index (κ3) is 3.70. The van der Waals surface area contributed by atoms with Gasteiger partial charge in [-0.15, -0.1) is 0 Å². The van der Waals surface area contributed by atoms with Gasteiger partial charge in [0.2, 0.25) is 0 Å². The van der Waals surface area contributed by atoms with Gasteiger partial charge in [-0.05, 0) is 36.4 Å². The number of rotatable bonds is 2. The number of ether oxygens (including phenoxy) is 2. The van der Waals surface area contributed by atoms with E-state index in [9.17, 15) is 28.8 Å². The fourth-order valence-corrected chi connectivity index (χ4v) is 3.82. The molecule has 5 rings (SSSR count). The summed E-state index contributed by atoms with van der Waals surface area (Å²) in [6, 6.07) is 8.31. The van der Waals surface area contributed by atoms with Gasteiger partial charge < -0.3 is 19.3 Å². The smallest absolute Gasteiger partial charge is 0.410 e. The van der Waals surface area contributed by atoms with E-state index in [1.54, 1.807) is 0 Å². The van der Waals surface area contributed by atoms with Gasteiger partial charge in [-0.25, -0.2) is 9.59 Å². The molecule has 0 aromatic heterocycles. The van der Waals surface area contributed by atoms with Crippen molar-refractivity contribution in [1.82, 2.24) is 20.4 Å². The third-order valence-electron chi connectivity index (χ3n) is 5.62. The minimum absolute atomic E-state index is 0.120. The van der Waals surface area contributed by atoms with E-state index in [2.05, 4.69) is 10.6 Å². The lowest BCUT2D eigenvalue weighted by atomic mass is 10.1. The van der Waals surface area contributed by atoms with Crippen LogP contribution in [0.4, 0.5) is 9.59 Å². The molecule has 2 aromatic rings. The summed E-state index contributed by atoms with van der Waals surface area (Å²) in [6.07, 6.45) is -1.32. The predicted octanol–water partition coefficient (Wildman–Crippen LogP) is 0.769. The quantitative estimate of drug-likeness (QED) is 0.619. The maximum Gasteiger partial charge on any atom is 0.415 e. The second kappa shape index (κ2) is 7.99. The van der Waals surface area contributed by atoms with Gasteiger partial charge in [0.05, 0.1) is 22.3 Å². The standard InChI is InChI=1S/C22H16N4O8/c27-17-13-3-1-11(9-15(13)19(29)23-17)33-21(31)25-5-7-26(8-6-25)22(32)34-12-2-4-14-16(10-12)20(30)24-18(14)28/h1-4,9-10H,5-8H2,(H,23,27,29)(H,24,28,30). The fourth-order valence-electron chi connectivity index (χ4n) is 3.82. The molecule has 0 atom stereocenters. The van der Waals surface area contributed by atoms with E-state index >= 15 is 0 Å². The van der Waals surface area contributed by atoms with Crippen molar-refractivity contribution in [3.05, 3.63) is 58.7 Å². The summed E-state index contributed by atoms with van der Waals surface area (Å²) in [7, 11) is 0. The fraction of sp³-hybridized carbons (Fsp3) is 0.182. The molecule has 0 saturated carbocycles. The van der Waals surface area contributed by atoms with Gasteiger partial charge in [-0.2, -0.15) is 0 Å². The second-order valence-corrected chi connectivity index (χ2v) is 7.69. The predicted molar refractivity (Wildman–Crippen MR) is 112 cm³/mol. The molecule has 172 valence electrons. The summed E-state index contributed by atoms with van der Waals surface area (Å²) in [5, 5.41) is 4.32. The molecule has 3 heterocycles. The van der Waals surface area contributed by atoms with E-state index < -0.39 is 35.8 Å². The van der Waals surface area contributed by atoms with Crippen LogP contribution in [0.2, 0.25) is 0 Å². The number of hydrogen-bond acceptors (Lipinski definition) is 8. The van der Waals surface area contributed by atoms with Gasteiger partial charge in [-0.1, -0.05) is 0 Å². The highest BCUT2D eigenvalue weighted by molar-refractivity contribution is 6.22. The first-order valence-corrected chi connectivity index (χ1v) is 10.2. The molecule has 0 bridgehead atoms. The highest BCUT2D eigenvalue weighted by atomic mass is 16.6. The lowest BCUT2D eigenvalue weighted by molar-refractivity contribution is 0.0863. The molecule has 2 aromatic carbocycles. The SMILES string of the molecule is O=C1NC(=O)c2cc(OC(=O)N3CCN(C(=O)Oc4ccc5c(c4)C(=O)NC5=O)CC3)ccc21. The van der Waals surface area contributed by atoms with Gasteiger partial charge in [-0.3, -0.25) is 29.8 Å². The third-order valence-corrected chi connectivity index (χ3v) is 5.62. The number of imide groups is 2. The van der Waals surface area contributed by atoms with Crippen LogP contribution in [0.3, 0.4) is 0 Å². The summed E-state index contributed by atoms with van der Waals surface area (Å²) in [4.78, 5) is 74.5. The molecule has 2 N–H and O–H groups in total. The van der Waals surface area contributed by atoms with Crippen LogP contribution >= 0.6 is 0 Å². The van der Waals surface area contributed by atoms with E-state index in [1.807, 2.05) is 0 Å². The number of fused-ring (bicyclic) bond motifs is 2. The first-order chi connectivity index (χ1) is 16.3. The number of carbonyl (C=O) groups excluding carboxylic acids is 6. The van der Waals surface area contributed by atoms with Gasteiger partial charge in [0.15, 0.2) is 0 Å². The maximum atomic E-state index is 12.5. The van der Waals surface area contributed by atoms with Crippen molar-refractivity contribution >= 4 is 35.8 Å². The molecular formula is C22H16N4O8. The van der Waals surface area contributed by atoms with E-state index in [1.165, 1.54) is 46.2 Å². The van der Waals surface area contributed by atoms with E-state index in [-0.39, 0.29) is 59.9 Å². The molecule has 12 heteroatoms. The summed E-state index contributed by atoms with van der Waals surface area (Å²) in [5.41, 5.74) is 0.701. The van der Waals surface area contributed by atoms with E-state index in [0.717, 1.165) is 0 Å². The molecular weight excluding hydrogens is 448 g/mol. The van der Waals surface area contributed by atoms with Crippen molar-refractivity contribution in [2.75, 3.05) is 26.2 Å². The van der Waals surface area contributed by atoms with Crippen LogP contribution in [-0.2, 0) is 0 Å². The number of nitrogens with zero attached hydrogens (tertiary/aromatic N) is 2. The Morgan fingerprint density at radius 1 is 0.588 bits per heavy atom. The van der Waals surface area contributed by atoms with E-state index in [0.29, 0.717) is 0 Å². The van der Waals surface area contributed by atoms with Crippen LogP contribution in [-0.4, -0.2) is 71.8 Å². The Hall–Kier alpha value is -4.74. The zero-order valence-electron chi connectivity index (χ0n) is 17.5. The van der Waals surface area contributed by atoms with Crippen molar-refractivity contribution in [1.29, 1.82) is 0 Å². The summed E-state index contributed by atoms with van der Waals surface area (Å²) in [5.74, 6) is -1.87. The highest BCUT2D eigenvalue weighted by Crippen LogP contribution is 2.24. The van der Waals surface area contributed by atoms with Crippen LogP contribution in [0, 0.1) is 0 Å².